The summed E-state index contributed by atoms with van der Waals surface area (Å²) in [7, 11) is -4.15. The number of aliphatic hydroxyl groups is 1. The Morgan fingerprint density at radius 2 is 2.17 bits per heavy atom. The Bertz CT molecular complexity index is 230. The summed E-state index contributed by atoms with van der Waals surface area (Å²) < 4.78 is 34.1. The lowest BCUT2D eigenvalue weighted by molar-refractivity contribution is 0.192. The van der Waals surface area contributed by atoms with Crippen molar-refractivity contribution in [1.82, 2.24) is 0 Å². The van der Waals surface area contributed by atoms with Crippen LogP contribution < -0.4 is 0 Å². The molecule has 12 heavy (non-hydrogen) atoms. The molecular weight excluding hydrogens is 184 g/mol. The molecular formula is C6H12O5S. The van der Waals surface area contributed by atoms with E-state index in [1.807, 2.05) is 0 Å². The number of aliphatic hydroxyl groups excluding tert-OH is 1. The quantitative estimate of drug-likeness (QED) is 0.482. The first-order chi connectivity index (χ1) is 5.52. The van der Waals surface area contributed by atoms with E-state index in [4.69, 9.17) is 9.66 Å². The van der Waals surface area contributed by atoms with Crippen LogP contribution in [-0.4, -0.2) is 30.1 Å². The first-order valence-electron chi connectivity index (χ1n) is 3.40. The van der Waals surface area contributed by atoms with Gasteiger partial charge in [-0.2, -0.15) is 8.42 Å². The minimum absolute atomic E-state index is 0.147. The maximum absolute atomic E-state index is 10.5. The minimum Gasteiger partial charge on any atom is -0.480 e. The van der Waals surface area contributed by atoms with Crippen LogP contribution in [0, 0.1) is 0 Å². The molecule has 6 heteroatoms. The second kappa shape index (κ2) is 5.13. The van der Waals surface area contributed by atoms with Crippen molar-refractivity contribution in [3.05, 3.63) is 12.3 Å². The summed E-state index contributed by atoms with van der Waals surface area (Å²) in [6.45, 7) is 1.33. The maximum atomic E-state index is 10.5. The Morgan fingerprint density at radius 3 is 2.50 bits per heavy atom. The van der Waals surface area contributed by atoms with Crippen molar-refractivity contribution in [2.45, 2.75) is 18.8 Å². The molecule has 5 nitrogen and oxygen atoms in total. The van der Waals surface area contributed by atoms with E-state index in [9.17, 15) is 8.42 Å². The van der Waals surface area contributed by atoms with E-state index < -0.39 is 15.6 Å². The zero-order valence-electron chi connectivity index (χ0n) is 6.67. The molecule has 1 atom stereocenters. The van der Waals surface area contributed by atoms with E-state index in [0.29, 0.717) is 0 Å². The maximum Gasteiger partial charge on any atom is 0.303 e. The van der Waals surface area contributed by atoms with Crippen molar-refractivity contribution in [3.63, 3.8) is 0 Å². The van der Waals surface area contributed by atoms with Crippen LogP contribution >= 0.6 is 0 Å². The normalized spacial score (nSPS) is 14.9. The molecule has 0 saturated heterocycles. The second-order valence-electron chi connectivity index (χ2n) is 2.04. The molecule has 0 fully saturated rings. The smallest absolute Gasteiger partial charge is 0.303 e. The molecule has 0 aromatic carbocycles. The highest BCUT2D eigenvalue weighted by molar-refractivity contribution is 7.86. The zero-order valence-corrected chi connectivity index (χ0v) is 7.49. The van der Waals surface area contributed by atoms with Gasteiger partial charge >= 0.3 is 10.1 Å². The Morgan fingerprint density at radius 1 is 1.58 bits per heavy atom. The molecule has 0 aromatic rings. The van der Waals surface area contributed by atoms with Gasteiger partial charge in [0.25, 0.3) is 0 Å². The SMILES string of the molecule is CCC(OC=CCO)S(=O)(=O)O. The minimum atomic E-state index is -4.15. The van der Waals surface area contributed by atoms with Crippen LogP contribution in [0.15, 0.2) is 12.3 Å². The van der Waals surface area contributed by atoms with E-state index in [0.717, 1.165) is 6.26 Å². The van der Waals surface area contributed by atoms with Gasteiger partial charge < -0.3 is 9.84 Å². The molecule has 0 aliphatic heterocycles. The van der Waals surface area contributed by atoms with Crippen LogP contribution in [0.25, 0.3) is 0 Å². The van der Waals surface area contributed by atoms with Crippen LogP contribution in [0.5, 0.6) is 0 Å². The first kappa shape index (κ1) is 11.4. The third kappa shape index (κ3) is 4.32. The van der Waals surface area contributed by atoms with Gasteiger partial charge in [-0.15, -0.1) is 0 Å². The molecule has 0 aliphatic carbocycles. The molecule has 0 saturated carbocycles. The highest BCUT2D eigenvalue weighted by atomic mass is 32.2. The van der Waals surface area contributed by atoms with Crippen molar-refractivity contribution in [3.8, 4) is 0 Å². The monoisotopic (exact) mass is 196 g/mol. The lowest BCUT2D eigenvalue weighted by atomic mass is 10.5. The van der Waals surface area contributed by atoms with Gasteiger partial charge in [-0.05, 0) is 12.5 Å². The molecule has 0 radical (unpaired) electrons. The molecule has 0 rings (SSSR count). The summed E-state index contributed by atoms with van der Waals surface area (Å²) in [5.74, 6) is 0. The van der Waals surface area contributed by atoms with Crippen LogP contribution in [0.3, 0.4) is 0 Å². The predicted molar refractivity (Wildman–Crippen MR) is 42.9 cm³/mol. The van der Waals surface area contributed by atoms with Gasteiger partial charge in [-0.25, -0.2) is 0 Å². The molecule has 2 N–H and O–H groups in total. The van der Waals surface area contributed by atoms with E-state index >= 15 is 0 Å². The number of hydrogen-bond acceptors (Lipinski definition) is 4. The van der Waals surface area contributed by atoms with Gasteiger partial charge in [0.15, 0.2) is 0 Å². The molecule has 0 bridgehead atoms. The van der Waals surface area contributed by atoms with E-state index in [1.54, 1.807) is 6.92 Å². The molecule has 0 heterocycles. The Kier molecular flexibility index (Phi) is 4.87. The summed E-state index contributed by atoms with van der Waals surface area (Å²) in [5, 5.41) is 8.28. The molecule has 0 spiro atoms. The van der Waals surface area contributed by atoms with Gasteiger partial charge in [-0.1, -0.05) is 6.92 Å². The summed E-state index contributed by atoms with van der Waals surface area (Å²) in [4.78, 5) is 0. The molecule has 0 aromatic heterocycles. The van der Waals surface area contributed by atoms with Crippen molar-refractivity contribution in [1.29, 1.82) is 0 Å². The largest absolute Gasteiger partial charge is 0.480 e. The molecule has 0 aliphatic rings. The van der Waals surface area contributed by atoms with Crippen molar-refractivity contribution in [2.24, 2.45) is 0 Å². The topological polar surface area (TPSA) is 83.8 Å². The van der Waals surface area contributed by atoms with Crippen LogP contribution in [0.2, 0.25) is 0 Å². The first-order valence-corrected chi connectivity index (χ1v) is 4.90. The van der Waals surface area contributed by atoms with Gasteiger partial charge in [0, 0.05) is 0 Å². The van der Waals surface area contributed by atoms with E-state index in [-0.39, 0.29) is 13.0 Å². The zero-order chi connectivity index (χ0) is 9.61. The lowest BCUT2D eigenvalue weighted by Crippen LogP contribution is -2.20. The van der Waals surface area contributed by atoms with Crippen molar-refractivity contribution in [2.75, 3.05) is 6.61 Å². The average molecular weight is 196 g/mol. The fourth-order valence-electron chi connectivity index (χ4n) is 0.563. The Labute approximate surface area is 71.4 Å². The van der Waals surface area contributed by atoms with Gasteiger partial charge in [0.1, 0.15) is 0 Å². The van der Waals surface area contributed by atoms with Crippen LogP contribution in [-0.2, 0) is 14.9 Å². The van der Waals surface area contributed by atoms with Crippen molar-refractivity contribution >= 4 is 10.1 Å². The predicted octanol–water partition coefficient (Wildman–Crippen LogP) is 0.133. The van der Waals surface area contributed by atoms with E-state index in [1.165, 1.54) is 6.08 Å². The summed E-state index contributed by atoms with van der Waals surface area (Å²) in [6.07, 6.45) is 2.42. The third-order valence-corrected chi connectivity index (χ3v) is 2.21. The van der Waals surface area contributed by atoms with Crippen LogP contribution in [0.4, 0.5) is 0 Å². The number of ether oxygens (including phenoxy) is 1. The van der Waals surface area contributed by atoms with E-state index in [2.05, 4.69) is 4.74 Å². The second-order valence-corrected chi connectivity index (χ2v) is 3.60. The molecule has 1 unspecified atom stereocenters. The number of rotatable bonds is 5. The fourth-order valence-corrected chi connectivity index (χ4v) is 1.19. The highest BCUT2D eigenvalue weighted by Crippen LogP contribution is 2.05. The molecule has 72 valence electrons. The average Bonchev–Trinajstić information content (AvgIpc) is 1.95. The fraction of sp³-hybridized carbons (Fsp3) is 0.667. The Balaban J connectivity index is 4.11. The van der Waals surface area contributed by atoms with Gasteiger partial charge in [0.05, 0.1) is 12.9 Å². The summed E-state index contributed by atoms with van der Waals surface area (Å²) >= 11 is 0. The highest BCUT2D eigenvalue weighted by Gasteiger charge is 2.20. The van der Waals surface area contributed by atoms with Gasteiger partial charge in [-0.3, -0.25) is 4.55 Å². The Hall–Kier alpha value is -0.590. The number of hydrogen-bond donors (Lipinski definition) is 2. The van der Waals surface area contributed by atoms with Gasteiger partial charge in [0.2, 0.25) is 5.44 Å². The van der Waals surface area contributed by atoms with Crippen molar-refractivity contribution < 1.29 is 22.8 Å². The third-order valence-electron chi connectivity index (χ3n) is 1.10. The lowest BCUT2D eigenvalue weighted by Gasteiger charge is -2.09. The summed E-state index contributed by atoms with van der Waals surface area (Å²) in [5.41, 5.74) is -1.25. The molecule has 0 amide bonds. The summed E-state index contributed by atoms with van der Waals surface area (Å²) in [6, 6.07) is 0. The van der Waals surface area contributed by atoms with Crippen LogP contribution in [0.1, 0.15) is 13.3 Å². The standard InChI is InChI=1S/C6H12O5S/c1-2-6(12(8,9)10)11-5-3-4-7/h3,5-7H,2,4H2,1H3,(H,8,9,10).